The molecule has 128 valence electrons. The predicted octanol–water partition coefficient (Wildman–Crippen LogP) is 3.40. The summed E-state index contributed by atoms with van der Waals surface area (Å²) in [5.74, 6) is 0. The molecule has 2 rings (SSSR count). The van der Waals surface area contributed by atoms with Gasteiger partial charge in [-0.25, -0.2) is 4.79 Å². The van der Waals surface area contributed by atoms with Crippen molar-refractivity contribution in [1.29, 1.82) is 0 Å². The Balaban J connectivity index is 1.73. The maximum Gasteiger partial charge on any atom is 0.407 e. The third-order valence-corrected chi connectivity index (χ3v) is 3.27. The van der Waals surface area contributed by atoms with Gasteiger partial charge >= 0.3 is 6.09 Å². The Bertz CT molecular complexity index is 634. The molecular weight excluding hydrogens is 302 g/mol. The number of pyridine rings is 1. The standard InChI is InChI=1S/C19H25N3O2/c1-19(2,3)24-18(23)22-14-16-6-4-15(5-7-16)12-21-13-17-8-10-20-11-9-17/h4-11,21H,12-14H2,1-3H3,(H,22,23). The number of ether oxygens (including phenoxy) is 1. The van der Waals surface area contributed by atoms with Crippen molar-refractivity contribution in [2.45, 2.75) is 46.0 Å². The van der Waals surface area contributed by atoms with Gasteiger partial charge in [-0.15, -0.1) is 0 Å². The van der Waals surface area contributed by atoms with Crippen molar-refractivity contribution in [3.63, 3.8) is 0 Å². The van der Waals surface area contributed by atoms with Gasteiger partial charge in [-0.1, -0.05) is 24.3 Å². The SMILES string of the molecule is CC(C)(C)OC(=O)NCc1ccc(CNCc2ccncc2)cc1. The van der Waals surface area contributed by atoms with Gasteiger partial charge < -0.3 is 15.4 Å². The zero-order chi connectivity index (χ0) is 17.4. The summed E-state index contributed by atoms with van der Waals surface area (Å²) < 4.78 is 5.21. The van der Waals surface area contributed by atoms with Crippen LogP contribution in [0.2, 0.25) is 0 Å². The fourth-order valence-electron chi connectivity index (χ4n) is 2.12. The van der Waals surface area contributed by atoms with E-state index in [0.717, 1.165) is 18.7 Å². The van der Waals surface area contributed by atoms with Gasteiger partial charge in [-0.3, -0.25) is 4.98 Å². The third kappa shape index (κ3) is 6.79. The van der Waals surface area contributed by atoms with Crippen molar-refractivity contribution in [2.24, 2.45) is 0 Å². The molecule has 0 aliphatic carbocycles. The fourth-order valence-corrected chi connectivity index (χ4v) is 2.12. The molecule has 0 aliphatic rings. The van der Waals surface area contributed by atoms with Gasteiger partial charge in [0.05, 0.1) is 0 Å². The summed E-state index contributed by atoms with van der Waals surface area (Å²) in [4.78, 5) is 15.6. The average Bonchev–Trinajstić information content (AvgIpc) is 2.53. The number of carbonyl (C=O) groups is 1. The highest BCUT2D eigenvalue weighted by Crippen LogP contribution is 2.08. The van der Waals surface area contributed by atoms with E-state index in [1.165, 1.54) is 11.1 Å². The monoisotopic (exact) mass is 327 g/mol. The Kier molecular flexibility index (Phi) is 6.32. The first kappa shape index (κ1) is 17.9. The van der Waals surface area contributed by atoms with Gasteiger partial charge in [0.25, 0.3) is 0 Å². The van der Waals surface area contributed by atoms with Gasteiger partial charge in [0.15, 0.2) is 0 Å². The van der Waals surface area contributed by atoms with Crippen LogP contribution in [0.25, 0.3) is 0 Å². The minimum absolute atomic E-state index is 0.398. The van der Waals surface area contributed by atoms with E-state index in [1.807, 2.05) is 45.0 Å². The van der Waals surface area contributed by atoms with Crippen LogP contribution in [0.4, 0.5) is 4.79 Å². The maximum absolute atomic E-state index is 11.6. The zero-order valence-corrected chi connectivity index (χ0v) is 14.5. The highest BCUT2D eigenvalue weighted by molar-refractivity contribution is 5.67. The molecule has 0 radical (unpaired) electrons. The first-order chi connectivity index (χ1) is 11.4. The van der Waals surface area contributed by atoms with Gasteiger partial charge in [-0.2, -0.15) is 0 Å². The molecule has 1 heterocycles. The number of rotatable bonds is 6. The number of benzene rings is 1. The van der Waals surface area contributed by atoms with Crippen molar-refractivity contribution >= 4 is 6.09 Å². The molecule has 0 saturated carbocycles. The van der Waals surface area contributed by atoms with Gasteiger partial charge in [0.2, 0.25) is 0 Å². The van der Waals surface area contributed by atoms with Crippen LogP contribution in [0, 0.1) is 0 Å². The van der Waals surface area contributed by atoms with Crippen molar-refractivity contribution < 1.29 is 9.53 Å². The average molecular weight is 327 g/mol. The van der Waals surface area contributed by atoms with E-state index in [2.05, 4.69) is 27.8 Å². The van der Waals surface area contributed by atoms with Gasteiger partial charge in [0, 0.05) is 32.0 Å². The quantitative estimate of drug-likeness (QED) is 0.853. The Morgan fingerprint density at radius 1 is 0.917 bits per heavy atom. The van der Waals surface area contributed by atoms with Crippen LogP contribution in [0.15, 0.2) is 48.8 Å². The van der Waals surface area contributed by atoms with E-state index in [9.17, 15) is 4.79 Å². The largest absolute Gasteiger partial charge is 0.444 e. The molecule has 1 aromatic heterocycles. The van der Waals surface area contributed by atoms with E-state index in [4.69, 9.17) is 4.74 Å². The second-order valence-electron chi connectivity index (χ2n) is 6.63. The molecule has 24 heavy (non-hydrogen) atoms. The first-order valence-corrected chi connectivity index (χ1v) is 8.07. The minimum Gasteiger partial charge on any atom is -0.444 e. The number of hydrogen-bond acceptors (Lipinski definition) is 4. The van der Waals surface area contributed by atoms with E-state index >= 15 is 0 Å². The van der Waals surface area contributed by atoms with Crippen LogP contribution in [-0.2, 0) is 24.4 Å². The Morgan fingerprint density at radius 2 is 1.42 bits per heavy atom. The first-order valence-electron chi connectivity index (χ1n) is 8.07. The molecule has 0 aliphatic heterocycles. The molecule has 2 N–H and O–H groups in total. The molecule has 0 unspecified atom stereocenters. The smallest absolute Gasteiger partial charge is 0.407 e. The molecule has 2 aromatic rings. The Labute approximate surface area is 143 Å². The molecule has 0 bridgehead atoms. The normalized spacial score (nSPS) is 11.1. The topological polar surface area (TPSA) is 63.2 Å². The van der Waals surface area contributed by atoms with Crippen molar-refractivity contribution in [1.82, 2.24) is 15.6 Å². The van der Waals surface area contributed by atoms with Crippen LogP contribution >= 0.6 is 0 Å². The zero-order valence-electron chi connectivity index (χ0n) is 14.5. The third-order valence-electron chi connectivity index (χ3n) is 3.27. The molecule has 5 nitrogen and oxygen atoms in total. The number of carbonyl (C=O) groups excluding carboxylic acids is 1. The molecular formula is C19H25N3O2. The molecule has 0 fully saturated rings. The van der Waals surface area contributed by atoms with Crippen molar-refractivity contribution in [3.8, 4) is 0 Å². The van der Waals surface area contributed by atoms with Crippen LogP contribution in [0.3, 0.4) is 0 Å². The van der Waals surface area contributed by atoms with Crippen molar-refractivity contribution in [3.05, 3.63) is 65.5 Å². The number of nitrogens with zero attached hydrogens (tertiary/aromatic N) is 1. The Hall–Kier alpha value is -2.40. The fraction of sp³-hybridized carbons (Fsp3) is 0.368. The lowest BCUT2D eigenvalue weighted by molar-refractivity contribution is 0.0523. The minimum atomic E-state index is -0.478. The Morgan fingerprint density at radius 3 is 1.96 bits per heavy atom. The van der Waals surface area contributed by atoms with Crippen LogP contribution in [0.5, 0.6) is 0 Å². The van der Waals surface area contributed by atoms with E-state index in [1.54, 1.807) is 12.4 Å². The number of nitrogens with one attached hydrogen (secondary N) is 2. The van der Waals surface area contributed by atoms with E-state index in [-0.39, 0.29) is 0 Å². The summed E-state index contributed by atoms with van der Waals surface area (Å²) in [5.41, 5.74) is 2.97. The summed E-state index contributed by atoms with van der Waals surface area (Å²) in [6.45, 7) is 7.60. The number of alkyl carbamates (subject to hydrolysis) is 1. The molecule has 1 aromatic carbocycles. The van der Waals surface area contributed by atoms with Crippen LogP contribution < -0.4 is 10.6 Å². The number of hydrogen-bond donors (Lipinski definition) is 2. The lowest BCUT2D eigenvalue weighted by Crippen LogP contribution is -2.32. The lowest BCUT2D eigenvalue weighted by atomic mass is 10.1. The van der Waals surface area contributed by atoms with Gasteiger partial charge in [-0.05, 0) is 49.6 Å². The molecule has 0 saturated heterocycles. The highest BCUT2D eigenvalue weighted by atomic mass is 16.6. The molecule has 0 spiro atoms. The van der Waals surface area contributed by atoms with E-state index < -0.39 is 11.7 Å². The van der Waals surface area contributed by atoms with Crippen LogP contribution in [0.1, 0.15) is 37.5 Å². The molecule has 5 heteroatoms. The van der Waals surface area contributed by atoms with Crippen LogP contribution in [-0.4, -0.2) is 16.7 Å². The number of aromatic nitrogens is 1. The second kappa shape index (κ2) is 8.45. The molecule has 0 atom stereocenters. The number of amides is 1. The summed E-state index contributed by atoms with van der Waals surface area (Å²) in [5, 5.41) is 6.15. The maximum atomic E-state index is 11.6. The van der Waals surface area contributed by atoms with E-state index in [0.29, 0.717) is 6.54 Å². The summed E-state index contributed by atoms with van der Waals surface area (Å²) >= 11 is 0. The lowest BCUT2D eigenvalue weighted by Gasteiger charge is -2.19. The summed E-state index contributed by atoms with van der Waals surface area (Å²) in [7, 11) is 0. The second-order valence-corrected chi connectivity index (χ2v) is 6.63. The van der Waals surface area contributed by atoms with Crippen molar-refractivity contribution in [2.75, 3.05) is 0 Å². The highest BCUT2D eigenvalue weighted by Gasteiger charge is 2.15. The summed E-state index contributed by atoms with van der Waals surface area (Å²) in [6.07, 6.45) is 3.19. The summed E-state index contributed by atoms with van der Waals surface area (Å²) in [6, 6.07) is 12.1. The predicted molar refractivity (Wildman–Crippen MR) is 94.3 cm³/mol. The molecule has 1 amide bonds. The van der Waals surface area contributed by atoms with Gasteiger partial charge in [0.1, 0.15) is 5.60 Å².